The summed E-state index contributed by atoms with van der Waals surface area (Å²) in [6.07, 6.45) is -0.734. The van der Waals surface area contributed by atoms with Gasteiger partial charge < -0.3 is 15.0 Å². The monoisotopic (exact) mass is 356 g/mol. The minimum Gasteiger partial charge on any atom is -0.477 e. The number of hydrogen-bond acceptors (Lipinski definition) is 4. The molecule has 0 saturated carbocycles. The van der Waals surface area contributed by atoms with Gasteiger partial charge in [0.1, 0.15) is 5.75 Å². The average Bonchev–Trinajstić information content (AvgIpc) is 2.90. The van der Waals surface area contributed by atoms with Crippen molar-refractivity contribution in [3.8, 4) is 5.75 Å². The predicted molar refractivity (Wildman–Crippen MR) is 98.4 cm³/mol. The molecule has 1 aromatic carbocycles. The highest BCUT2D eigenvalue weighted by Gasteiger charge is 2.36. The van der Waals surface area contributed by atoms with E-state index in [1.165, 1.54) is 0 Å². The van der Waals surface area contributed by atoms with Crippen LogP contribution in [0, 0.1) is 13.8 Å². The SMILES string of the molecule is CNC(=O)C1CN(C(=O)C(C)c2c(C)nn(C)c2C)c2ccccc2O1. The lowest BCUT2D eigenvalue weighted by Crippen LogP contribution is -2.51. The molecule has 7 nitrogen and oxygen atoms in total. The molecule has 2 aromatic rings. The highest BCUT2D eigenvalue weighted by Crippen LogP contribution is 2.36. The van der Waals surface area contributed by atoms with Crippen molar-refractivity contribution in [3.05, 3.63) is 41.2 Å². The number of fused-ring (bicyclic) bond motifs is 1. The number of ether oxygens (including phenoxy) is 1. The minimum atomic E-state index is -0.734. The Bertz CT molecular complexity index is 858. The Morgan fingerprint density at radius 3 is 2.62 bits per heavy atom. The summed E-state index contributed by atoms with van der Waals surface area (Å²) in [5.41, 5.74) is 3.42. The van der Waals surface area contributed by atoms with Crippen LogP contribution in [0.5, 0.6) is 5.75 Å². The molecule has 1 aliphatic rings. The molecule has 3 rings (SSSR count). The van der Waals surface area contributed by atoms with Gasteiger partial charge in [0.25, 0.3) is 5.91 Å². The van der Waals surface area contributed by atoms with E-state index in [0.29, 0.717) is 11.4 Å². The van der Waals surface area contributed by atoms with Gasteiger partial charge in [-0.3, -0.25) is 14.3 Å². The van der Waals surface area contributed by atoms with Gasteiger partial charge in [-0.05, 0) is 32.9 Å². The van der Waals surface area contributed by atoms with E-state index in [1.54, 1.807) is 22.7 Å². The fourth-order valence-corrected chi connectivity index (χ4v) is 3.51. The second-order valence-electron chi connectivity index (χ2n) is 6.57. The number of carbonyl (C=O) groups is 2. The highest BCUT2D eigenvalue weighted by molar-refractivity contribution is 6.01. The van der Waals surface area contributed by atoms with Gasteiger partial charge in [-0.1, -0.05) is 12.1 Å². The van der Waals surface area contributed by atoms with Gasteiger partial charge in [0.05, 0.1) is 23.8 Å². The van der Waals surface area contributed by atoms with Gasteiger partial charge in [-0.25, -0.2) is 0 Å². The first-order valence-electron chi connectivity index (χ1n) is 8.63. The van der Waals surface area contributed by atoms with Crippen molar-refractivity contribution in [1.82, 2.24) is 15.1 Å². The first kappa shape index (κ1) is 18.0. The normalized spacial score (nSPS) is 17.3. The molecule has 0 bridgehead atoms. The lowest BCUT2D eigenvalue weighted by molar-refractivity contribution is -0.128. The summed E-state index contributed by atoms with van der Waals surface area (Å²) in [6.45, 7) is 5.93. The predicted octanol–water partition coefficient (Wildman–Crippen LogP) is 1.68. The summed E-state index contributed by atoms with van der Waals surface area (Å²) in [7, 11) is 3.43. The van der Waals surface area contributed by atoms with Crippen LogP contribution in [0.15, 0.2) is 24.3 Å². The maximum Gasteiger partial charge on any atom is 0.262 e. The number of para-hydroxylation sites is 2. The van der Waals surface area contributed by atoms with Crippen LogP contribution >= 0.6 is 0 Å². The summed E-state index contributed by atoms with van der Waals surface area (Å²) < 4.78 is 7.57. The Morgan fingerprint density at radius 2 is 2.00 bits per heavy atom. The molecule has 0 fully saturated rings. The molecule has 26 heavy (non-hydrogen) atoms. The number of nitrogens with one attached hydrogen (secondary N) is 1. The molecular formula is C19H24N4O3. The van der Waals surface area contributed by atoms with Crippen molar-refractivity contribution < 1.29 is 14.3 Å². The lowest BCUT2D eigenvalue weighted by atomic mass is 9.96. The molecular weight excluding hydrogens is 332 g/mol. The van der Waals surface area contributed by atoms with Crippen LogP contribution < -0.4 is 15.0 Å². The van der Waals surface area contributed by atoms with Gasteiger partial charge >= 0.3 is 0 Å². The Kier molecular flexibility index (Phi) is 4.71. The molecule has 7 heteroatoms. The van der Waals surface area contributed by atoms with Crippen LogP contribution in [-0.2, 0) is 16.6 Å². The maximum absolute atomic E-state index is 13.3. The largest absolute Gasteiger partial charge is 0.477 e. The molecule has 0 aliphatic carbocycles. The van der Waals surface area contributed by atoms with Crippen molar-refractivity contribution >= 4 is 17.5 Å². The number of benzene rings is 1. The Hall–Kier alpha value is -2.83. The zero-order chi connectivity index (χ0) is 19.0. The second kappa shape index (κ2) is 6.82. The quantitative estimate of drug-likeness (QED) is 0.908. The van der Waals surface area contributed by atoms with Crippen molar-refractivity contribution in [1.29, 1.82) is 0 Å². The van der Waals surface area contributed by atoms with E-state index in [1.807, 2.05) is 46.0 Å². The number of carbonyl (C=O) groups excluding carboxylic acids is 2. The van der Waals surface area contributed by atoms with Crippen molar-refractivity contribution in [2.45, 2.75) is 32.8 Å². The number of aromatic nitrogens is 2. The zero-order valence-corrected chi connectivity index (χ0v) is 15.7. The molecule has 1 aromatic heterocycles. The average molecular weight is 356 g/mol. The highest BCUT2D eigenvalue weighted by atomic mass is 16.5. The minimum absolute atomic E-state index is 0.0751. The summed E-state index contributed by atoms with van der Waals surface area (Å²) in [5.74, 6) is -0.166. The molecule has 2 atom stereocenters. The Morgan fingerprint density at radius 1 is 1.31 bits per heavy atom. The van der Waals surface area contributed by atoms with E-state index in [9.17, 15) is 9.59 Å². The van der Waals surface area contributed by atoms with Crippen LogP contribution in [0.3, 0.4) is 0 Å². The third kappa shape index (κ3) is 2.94. The van der Waals surface area contributed by atoms with Crippen LogP contribution in [0.25, 0.3) is 0 Å². The molecule has 0 spiro atoms. The van der Waals surface area contributed by atoms with Crippen LogP contribution in [0.2, 0.25) is 0 Å². The van der Waals surface area contributed by atoms with E-state index >= 15 is 0 Å². The van der Waals surface area contributed by atoms with Gasteiger partial charge in [0.2, 0.25) is 5.91 Å². The van der Waals surface area contributed by atoms with Crippen molar-refractivity contribution in [3.63, 3.8) is 0 Å². The van der Waals surface area contributed by atoms with E-state index < -0.39 is 6.10 Å². The topological polar surface area (TPSA) is 76.5 Å². The fourth-order valence-electron chi connectivity index (χ4n) is 3.51. The number of nitrogens with zero attached hydrogens (tertiary/aromatic N) is 3. The summed E-state index contributed by atoms with van der Waals surface area (Å²) in [4.78, 5) is 27.1. The van der Waals surface area contributed by atoms with Crippen LogP contribution in [0.4, 0.5) is 5.69 Å². The molecule has 0 saturated heterocycles. The molecule has 1 N–H and O–H groups in total. The maximum atomic E-state index is 13.3. The third-order valence-electron chi connectivity index (χ3n) is 4.95. The number of likely N-dealkylation sites (N-methyl/N-ethyl adjacent to an activating group) is 1. The Balaban J connectivity index is 1.98. The Labute approximate surface area is 152 Å². The smallest absolute Gasteiger partial charge is 0.262 e. The van der Waals surface area contributed by atoms with Crippen molar-refractivity contribution in [2.24, 2.45) is 7.05 Å². The van der Waals surface area contributed by atoms with Crippen LogP contribution in [-0.4, -0.2) is 41.3 Å². The third-order valence-corrected chi connectivity index (χ3v) is 4.95. The molecule has 138 valence electrons. The number of hydrogen-bond donors (Lipinski definition) is 1. The molecule has 2 amide bonds. The number of rotatable bonds is 3. The zero-order valence-electron chi connectivity index (χ0n) is 15.7. The standard InChI is InChI=1S/C19H24N4O3/c1-11(17-12(2)21-22(5)13(17)3)19(25)23-10-16(18(24)20-4)26-15-9-7-6-8-14(15)23/h6-9,11,16H,10H2,1-5H3,(H,20,24). The van der Waals surface area contributed by atoms with E-state index in [4.69, 9.17) is 4.74 Å². The first-order valence-corrected chi connectivity index (χ1v) is 8.63. The van der Waals surface area contributed by atoms with Crippen LogP contribution in [0.1, 0.15) is 29.8 Å². The van der Waals surface area contributed by atoms with Gasteiger partial charge in [-0.15, -0.1) is 0 Å². The van der Waals surface area contributed by atoms with Gasteiger partial charge in [0.15, 0.2) is 6.10 Å². The molecule has 2 heterocycles. The molecule has 2 unspecified atom stereocenters. The van der Waals surface area contributed by atoms with E-state index in [0.717, 1.165) is 17.0 Å². The van der Waals surface area contributed by atoms with Crippen molar-refractivity contribution in [2.75, 3.05) is 18.5 Å². The summed E-state index contributed by atoms with van der Waals surface area (Å²) in [6, 6.07) is 7.29. The first-order chi connectivity index (χ1) is 12.3. The summed E-state index contributed by atoms with van der Waals surface area (Å²) in [5, 5.41) is 7.01. The number of amides is 2. The van der Waals surface area contributed by atoms with E-state index in [-0.39, 0.29) is 24.3 Å². The molecule has 1 aliphatic heterocycles. The number of anilines is 1. The van der Waals surface area contributed by atoms with E-state index in [2.05, 4.69) is 10.4 Å². The molecule has 0 radical (unpaired) electrons. The second-order valence-corrected chi connectivity index (χ2v) is 6.57. The number of aryl methyl sites for hydroxylation is 2. The van der Waals surface area contributed by atoms with Gasteiger partial charge in [0, 0.05) is 25.4 Å². The lowest BCUT2D eigenvalue weighted by Gasteiger charge is -2.35. The summed E-state index contributed by atoms with van der Waals surface area (Å²) >= 11 is 0. The van der Waals surface area contributed by atoms with Gasteiger partial charge in [-0.2, -0.15) is 5.10 Å². The fraction of sp³-hybridized carbons (Fsp3) is 0.421.